The Morgan fingerprint density at radius 2 is 1.88 bits per heavy atom. The van der Waals surface area contributed by atoms with Crippen molar-refractivity contribution in [3.8, 4) is 11.3 Å². The molecule has 0 aliphatic heterocycles. The quantitative estimate of drug-likeness (QED) is 0.679. The molecule has 0 unspecified atom stereocenters. The minimum atomic E-state index is -0.936. The predicted octanol–water partition coefficient (Wildman–Crippen LogP) is -0.437. The first-order chi connectivity index (χ1) is 7.27. The molecule has 1 aromatic carbocycles. The van der Waals surface area contributed by atoms with Gasteiger partial charge in [0.2, 0.25) is 0 Å². The zero-order chi connectivity index (χ0) is 10.7. The summed E-state index contributed by atoms with van der Waals surface area (Å²) >= 11 is 0. The van der Waals surface area contributed by atoms with E-state index >= 15 is 0 Å². The van der Waals surface area contributed by atoms with Crippen molar-refractivity contribution in [3.05, 3.63) is 54.2 Å². The van der Waals surface area contributed by atoms with Gasteiger partial charge in [-0.25, -0.2) is 4.79 Å². The van der Waals surface area contributed by atoms with Crippen LogP contribution in [0.2, 0.25) is 0 Å². The van der Waals surface area contributed by atoms with E-state index in [0.29, 0.717) is 5.69 Å². The van der Waals surface area contributed by atoms with Gasteiger partial charge in [-0.05, 0) is 12.1 Å². The molecule has 16 heavy (non-hydrogen) atoms. The molecule has 0 aliphatic carbocycles. The Hall–Kier alpha value is -1.56. The average Bonchev–Trinajstić information content (AvgIpc) is 2.30. The maximum absolute atomic E-state index is 10.8. The van der Waals surface area contributed by atoms with Gasteiger partial charge in [-0.2, -0.15) is 0 Å². The predicted molar refractivity (Wildman–Crippen MR) is 57.7 cm³/mol. The molecule has 0 saturated heterocycles. The molecule has 0 spiro atoms. The van der Waals surface area contributed by atoms with Crippen LogP contribution in [0.1, 0.15) is 11.8 Å². The number of hydrogen-bond donors (Lipinski definition) is 1. The Bertz CT molecular complexity index is 491. The topological polar surface area (TPSA) is 50.2 Å². The molecule has 0 bridgehead atoms. The largest absolute Gasteiger partial charge is 1.00 e. The minimum absolute atomic E-state index is 0. The first kappa shape index (κ1) is 12.5. The molecule has 0 radical (unpaired) electrons. The summed E-state index contributed by atoms with van der Waals surface area (Å²) in [5.41, 5.74) is 1.85. The van der Waals surface area contributed by atoms with Gasteiger partial charge in [-0.1, -0.05) is 30.3 Å². The van der Waals surface area contributed by atoms with Crippen LogP contribution in [-0.4, -0.2) is 16.1 Å². The van der Waals surface area contributed by atoms with Crippen LogP contribution in [-0.2, 0) is 0 Å². The first-order valence-electron chi connectivity index (χ1n) is 4.52. The second kappa shape index (κ2) is 5.50. The smallest absolute Gasteiger partial charge is 1.00 e. The van der Waals surface area contributed by atoms with Crippen molar-refractivity contribution in [2.24, 2.45) is 0 Å². The fourth-order valence-corrected chi connectivity index (χ4v) is 1.33. The Morgan fingerprint density at radius 3 is 2.50 bits per heavy atom. The summed E-state index contributed by atoms with van der Waals surface area (Å²) < 4.78 is 0. The Balaban J connectivity index is 0.00000128. The molecular weight excluding hydrogens is 197 g/mol. The molecule has 1 N–H and O–H groups in total. The number of rotatable bonds is 2. The zero-order valence-corrected chi connectivity index (χ0v) is 8.92. The van der Waals surface area contributed by atoms with Gasteiger partial charge in [-0.15, -0.1) is 0 Å². The van der Waals surface area contributed by atoms with Crippen molar-refractivity contribution in [2.75, 3.05) is 0 Å². The zero-order valence-electron chi connectivity index (χ0n) is 9.92. The van der Waals surface area contributed by atoms with Gasteiger partial charge in [0, 0.05) is 11.8 Å². The van der Waals surface area contributed by atoms with Gasteiger partial charge < -0.3 is 6.53 Å². The van der Waals surface area contributed by atoms with Crippen molar-refractivity contribution in [1.29, 1.82) is 0 Å². The molecule has 0 fully saturated rings. The van der Waals surface area contributed by atoms with E-state index in [1.54, 1.807) is 6.07 Å². The van der Waals surface area contributed by atoms with Crippen LogP contribution in [0.25, 0.3) is 11.3 Å². The fourth-order valence-electron chi connectivity index (χ4n) is 1.33. The number of hydrogen-bond acceptors (Lipinski definition) is 2. The molecule has 0 amide bonds. The molecule has 0 atom stereocenters. The number of carbonyl (C=O) groups is 1. The van der Waals surface area contributed by atoms with E-state index in [-0.39, 0.29) is 25.9 Å². The maximum atomic E-state index is 10.8. The normalized spacial score (nSPS) is 9.25. The number of pyridine rings is 1. The number of carboxylic acid groups (broad SMARTS) is 1. The van der Waals surface area contributed by atoms with Crippen LogP contribution in [0.3, 0.4) is 0 Å². The summed E-state index contributed by atoms with van der Waals surface area (Å²) in [5.74, 6) is -0.936. The SMILES string of the molecule is O=C(O)c1ccnc(-c2ccccc2)c1.[H-].[Li+]. The van der Waals surface area contributed by atoms with Crippen LogP contribution >= 0.6 is 0 Å². The number of aromatic carboxylic acids is 1. The Morgan fingerprint density at radius 1 is 1.19 bits per heavy atom. The average molecular weight is 207 g/mol. The third kappa shape index (κ3) is 2.72. The molecule has 0 aliphatic rings. The molecule has 1 heterocycles. The van der Waals surface area contributed by atoms with Crippen molar-refractivity contribution in [2.45, 2.75) is 0 Å². The van der Waals surface area contributed by atoms with E-state index in [1.165, 1.54) is 12.3 Å². The van der Waals surface area contributed by atoms with E-state index < -0.39 is 5.97 Å². The van der Waals surface area contributed by atoms with Gasteiger partial charge in [-0.3, -0.25) is 4.98 Å². The molecule has 4 heteroatoms. The second-order valence-corrected chi connectivity index (χ2v) is 3.10. The summed E-state index contributed by atoms with van der Waals surface area (Å²) in [6.45, 7) is 0. The fraction of sp³-hybridized carbons (Fsp3) is 0. The van der Waals surface area contributed by atoms with E-state index in [1.807, 2.05) is 30.3 Å². The van der Waals surface area contributed by atoms with Crippen LogP contribution in [0.15, 0.2) is 48.7 Å². The van der Waals surface area contributed by atoms with Crippen LogP contribution in [0.4, 0.5) is 0 Å². The number of nitrogens with zero attached hydrogens (tertiary/aromatic N) is 1. The molecule has 2 aromatic rings. The van der Waals surface area contributed by atoms with E-state index in [2.05, 4.69) is 4.98 Å². The Labute approximate surface area is 107 Å². The maximum Gasteiger partial charge on any atom is 1.00 e. The van der Waals surface area contributed by atoms with E-state index in [0.717, 1.165) is 5.56 Å². The van der Waals surface area contributed by atoms with E-state index in [4.69, 9.17) is 5.11 Å². The standard InChI is InChI=1S/C12H9NO2.Li.H/c14-12(15)10-6-7-13-11(8-10)9-4-2-1-3-5-9;;/h1-8H,(H,14,15);;/q;+1;-1. The second-order valence-electron chi connectivity index (χ2n) is 3.10. The number of carboxylic acids is 1. The van der Waals surface area contributed by atoms with E-state index in [9.17, 15) is 4.79 Å². The molecule has 1 aromatic heterocycles. The molecule has 76 valence electrons. The van der Waals surface area contributed by atoms with Gasteiger partial charge in [0.15, 0.2) is 0 Å². The summed E-state index contributed by atoms with van der Waals surface area (Å²) in [4.78, 5) is 14.9. The molecule has 3 nitrogen and oxygen atoms in total. The van der Waals surface area contributed by atoms with Crippen molar-refractivity contribution in [3.63, 3.8) is 0 Å². The molecule has 2 rings (SSSR count). The van der Waals surface area contributed by atoms with Gasteiger partial charge in [0.25, 0.3) is 0 Å². The monoisotopic (exact) mass is 207 g/mol. The summed E-state index contributed by atoms with van der Waals surface area (Å²) in [6, 6.07) is 12.5. The van der Waals surface area contributed by atoms with Crippen molar-refractivity contribution >= 4 is 5.97 Å². The summed E-state index contributed by atoms with van der Waals surface area (Å²) in [6.07, 6.45) is 1.51. The third-order valence-corrected chi connectivity index (χ3v) is 2.08. The molecular formula is C12H10LiNO2. The summed E-state index contributed by atoms with van der Waals surface area (Å²) in [5, 5.41) is 8.83. The Kier molecular flexibility index (Phi) is 4.30. The van der Waals surface area contributed by atoms with Crippen molar-refractivity contribution in [1.82, 2.24) is 4.98 Å². The van der Waals surface area contributed by atoms with Crippen LogP contribution < -0.4 is 18.9 Å². The van der Waals surface area contributed by atoms with Gasteiger partial charge in [0.1, 0.15) is 0 Å². The van der Waals surface area contributed by atoms with Crippen LogP contribution in [0, 0.1) is 0 Å². The number of aromatic nitrogens is 1. The third-order valence-electron chi connectivity index (χ3n) is 2.08. The summed E-state index contributed by atoms with van der Waals surface area (Å²) in [7, 11) is 0. The van der Waals surface area contributed by atoms with Gasteiger partial charge >= 0.3 is 24.8 Å². The van der Waals surface area contributed by atoms with Crippen LogP contribution in [0.5, 0.6) is 0 Å². The van der Waals surface area contributed by atoms with Gasteiger partial charge in [0.05, 0.1) is 11.3 Å². The number of benzene rings is 1. The molecule has 0 saturated carbocycles. The first-order valence-corrected chi connectivity index (χ1v) is 4.52. The van der Waals surface area contributed by atoms with Crippen molar-refractivity contribution < 1.29 is 30.2 Å². The minimum Gasteiger partial charge on any atom is -1.00 e.